The molecule has 0 aliphatic carbocycles. The molecule has 1 heterocycles. The highest BCUT2D eigenvalue weighted by Crippen LogP contribution is 2.22. The lowest BCUT2D eigenvalue weighted by Gasteiger charge is -2.39. The summed E-state index contributed by atoms with van der Waals surface area (Å²) >= 11 is 0. The molecule has 0 aromatic rings. The van der Waals surface area contributed by atoms with Gasteiger partial charge in [-0.3, -0.25) is 9.59 Å². The Balaban J connectivity index is 2.42. The Morgan fingerprint density at radius 1 is 0.585 bits per heavy atom. The normalized spacial score (nSPS) is 21.7. The van der Waals surface area contributed by atoms with E-state index in [4.69, 9.17) is 18.9 Å². The molecule has 0 spiro atoms. The minimum Gasteiger partial charge on any atom is -0.462 e. The van der Waals surface area contributed by atoms with Gasteiger partial charge in [0, 0.05) is 12.8 Å². The van der Waals surface area contributed by atoms with Gasteiger partial charge in [0.05, 0.1) is 13.2 Å². The van der Waals surface area contributed by atoms with E-state index in [2.05, 4.69) is 86.8 Å². The van der Waals surface area contributed by atoms with Crippen LogP contribution in [0.1, 0.15) is 129 Å². The first-order valence-corrected chi connectivity index (χ1v) is 20.0. The van der Waals surface area contributed by atoms with E-state index in [-0.39, 0.29) is 26.1 Å². The van der Waals surface area contributed by atoms with Crippen molar-refractivity contribution in [2.24, 2.45) is 0 Å². The second kappa shape index (κ2) is 33.7. The molecule has 10 heteroatoms. The zero-order valence-electron chi connectivity index (χ0n) is 32.5. The van der Waals surface area contributed by atoms with Gasteiger partial charge in [-0.1, -0.05) is 112 Å². The van der Waals surface area contributed by atoms with E-state index < -0.39 is 55.4 Å². The highest BCUT2D eigenvalue weighted by Gasteiger charge is 2.44. The van der Waals surface area contributed by atoms with Gasteiger partial charge in [0.1, 0.15) is 31.0 Å². The molecule has 4 N–H and O–H groups in total. The SMILES string of the molecule is CC/C=C\C/C=C\C/C=C\CCCCCCCC(=O)OCC(CO[C@@H]1O[C@H](CO)[C@H](O)[C@H](O)[C@H]1O)OC(=O)CCCCC/C=C\C/C=C\C/C=C\CC. The van der Waals surface area contributed by atoms with E-state index in [1.807, 2.05) is 0 Å². The van der Waals surface area contributed by atoms with Crippen LogP contribution in [-0.2, 0) is 28.5 Å². The van der Waals surface area contributed by atoms with Crippen molar-refractivity contribution in [3.05, 3.63) is 72.9 Å². The molecule has 10 nitrogen and oxygen atoms in total. The molecule has 1 unspecified atom stereocenters. The van der Waals surface area contributed by atoms with Gasteiger partial charge in [0.2, 0.25) is 0 Å². The molecule has 1 aliphatic rings. The number of rotatable bonds is 31. The number of hydrogen-bond donors (Lipinski definition) is 4. The summed E-state index contributed by atoms with van der Waals surface area (Å²) in [5.74, 6) is -0.871. The Morgan fingerprint density at radius 3 is 1.60 bits per heavy atom. The van der Waals surface area contributed by atoms with Crippen LogP contribution in [0.3, 0.4) is 0 Å². The number of aliphatic hydroxyl groups excluding tert-OH is 4. The standard InChI is InChI=1S/C43H70O10/c1-3-5-7-9-11-13-15-17-18-20-21-23-25-27-29-31-38(45)50-34-36(35-51-43-42(49)41(48)40(47)37(33-44)53-43)52-39(46)32-30-28-26-24-22-19-16-14-12-10-8-6-4-2/h5-8,11-14,17-19,22,36-37,40-44,47-49H,3-4,9-10,15-16,20-21,23-35H2,1-2H3/b7-5-,8-6-,13-11-,14-12-,18-17-,22-19-/t36?,37-,40+,41+,42-,43-/m1/s1. The van der Waals surface area contributed by atoms with Crippen LogP contribution in [0.2, 0.25) is 0 Å². The average molecular weight is 747 g/mol. The third kappa shape index (κ3) is 25.7. The predicted molar refractivity (Wildman–Crippen MR) is 210 cm³/mol. The monoisotopic (exact) mass is 746 g/mol. The van der Waals surface area contributed by atoms with Crippen LogP contribution in [0.5, 0.6) is 0 Å². The Labute approximate surface area is 319 Å². The van der Waals surface area contributed by atoms with E-state index >= 15 is 0 Å². The lowest BCUT2D eigenvalue weighted by molar-refractivity contribution is -0.305. The lowest BCUT2D eigenvalue weighted by atomic mass is 9.99. The number of carbonyl (C=O) groups is 2. The maximum atomic E-state index is 12.7. The summed E-state index contributed by atoms with van der Waals surface area (Å²) < 4.78 is 22.0. The largest absolute Gasteiger partial charge is 0.462 e. The number of esters is 2. The minimum atomic E-state index is -1.61. The highest BCUT2D eigenvalue weighted by molar-refractivity contribution is 5.70. The van der Waals surface area contributed by atoms with Gasteiger partial charge < -0.3 is 39.4 Å². The van der Waals surface area contributed by atoms with Gasteiger partial charge >= 0.3 is 11.9 Å². The molecular weight excluding hydrogens is 676 g/mol. The average Bonchev–Trinajstić information content (AvgIpc) is 3.15. The quantitative estimate of drug-likeness (QED) is 0.0316. The van der Waals surface area contributed by atoms with Crippen LogP contribution in [0.4, 0.5) is 0 Å². The van der Waals surface area contributed by atoms with Crippen LogP contribution < -0.4 is 0 Å². The van der Waals surface area contributed by atoms with Crippen molar-refractivity contribution < 1.29 is 49.0 Å². The Bertz CT molecular complexity index is 1090. The van der Waals surface area contributed by atoms with Crippen molar-refractivity contribution in [3.63, 3.8) is 0 Å². The molecule has 6 atom stereocenters. The van der Waals surface area contributed by atoms with Crippen LogP contribution >= 0.6 is 0 Å². The highest BCUT2D eigenvalue weighted by atomic mass is 16.7. The maximum absolute atomic E-state index is 12.7. The van der Waals surface area contributed by atoms with Crippen LogP contribution in [-0.4, -0.2) is 89.0 Å². The number of carbonyl (C=O) groups excluding carboxylic acids is 2. The summed E-state index contributed by atoms with van der Waals surface area (Å²) in [6, 6.07) is 0. The van der Waals surface area contributed by atoms with Crippen molar-refractivity contribution in [1.29, 1.82) is 0 Å². The molecule has 0 aromatic carbocycles. The molecule has 1 fully saturated rings. The molecule has 1 rings (SSSR count). The summed E-state index contributed by atoms with van der Waals surface area (Å²) in [4.78, 5) is 25.2. The van der Waals surface area contributed by atoms with Crippen molar-refractivity contribution in [3.8, 4) is 0 Å². The third-order valence-corrected chi connectivity index (χ3v) is 8.59. The molecular formula is C43H70O10. The number of allylic oxidation sites excluding steroid dienone is 12. The fourth-order valence-electron chi connectivity index (χ4n) is 5.45. The van der Waals surface area contributed by atoms with Gasteiger partial charge in [-0.25, -0.2) is 0 Å². The molecule has 0 bridgehead atoms. The number of aliphatic hydroxyl groups is 4. The minimum absolute atomic E-state index is 0.187. The van der Waals surface area contributed by atoms with Crippen molar-refractivity contribution in [1.82, 2.24) is 0 Å². The van der Waals surface area contributed by atoms with Gasteiger partial charge in [-0.15, -0.1) is 0 Å². The predicted octanol–water partition coefficient (Wildman–Crippen LogP) is 7.66. The second-order valence-electron chi connectivity index (χ2n) is 13.3. The van der Waals surface area contributed by atoms with Crippen LogP contribution in [0, 0.1) is 0 Å². The van der Waals surface area contributed by atoms with E-state index in [0.29, 0.717) is 12.8 Å². The zero-order valence-corrected chi connectivity index (χ0v) is 32.5. The summed E-state index contributed by atoms with van der Waals surface area (Å²) in [6.45, 7) is 3.11. The molecule has 0 aromatic heterocycles. The third-order valence-electron chi connectivity index (χ3n) is 8.59. The van der Waals surface area contributed by atoms with Gasteiger partial charge in [0.15, 0.2) is 12.4 Å². The summed E-state index contributed by atoms with van der Waals surface area (Å²) in [5.41, 5.74) is 0. The Morgan fingerprint density at radius 2 is 1.06 bits per heavy atom. The Hall–Kier alpha value is -2.86. The second-order valence-corrected chi connectivity index (χ2v) is 13.3. The van der Waals surface area contributed by atoms with E-state index in [9.17, 15) is 30.0 Å². The van der Waals surface area contributed by atoms with E-state index in [0.717, 1.165) is 89.9 Å². The van der Waals surface area contributed by atoms with E-state index in [1.54, 1.807) is 0 Å². The van der Waals surface area contributed by atoms with Crippen molar-refractivity contribution in [2.45, 2.75) is 166 Å². The number of ether oxygens (including phenoxy) is 4. The summed E-state index contributed by atoms with van der Waals surface area (Å²) in [5, 5.41) is 39.9. The fraction of sp³-hybridized carbons (Fsp3) is 0.674. The smallest absolute Gasteiger partial charge is 0.306 e. The zero-order chi connectivity index (χ0) is 38.8. The first-order valence-electron chi connectivity index (χ1n) is 20.0. The first-order chi connectivity index (χ1) is 25.8. The van der Waals surface area contributed by atoms with Crippen molar-refractivity contribution in [2.75, 3.05) is 19.8 Å². The molecule has 0 radical (unpaired) electrons. The maximum Gasteiger partial charge on any atom is 0.306 e. The van der Waals surface area contributed by atoms with Crippen LogP contribution in [0.15, 0.2) is 72.9 Å². The molecule has 1 saturated heterocycles. The van der Waals surface area contributed by atoms with Crippen LogP contribution in [0.25, 0.3) is 0 Å². The molecule has 0 saturated carbocycles. The topological polar surface area (TPSA) is 152 Å². The summed E-state index contributed by atoms with van der Waals surface area (Å²) in [7, 11) is 0. The molecule has 0 amide bonds. The van der Waals surface area contributed by atoms with E-state index in [1.165, 1.54) is 0 Å². The molecule has 53 heavy (non-hydrogen) atoms. The number of hydrogen-bond acceptors (Lipinski definition) is 10. The lowest BCUT2D eigenvalue weighted by Crippen LogP contribution is -2.59. The summed E-state index contributed by atoms with van der Waals surface area (Å²) in [6.07, 6.45) is 33.4. The van der Waals surface area contributed by atoms with Gasteiger partial charge in [-0.2, -0.15) is 0 Å². The fourth-order valence-corrected chi connectivity index (χ4v) is 5.45. The Kier molecular flexibility index (Phi) is 30.6. The molecule has 302 valence electrons. The molecule has 1 aliphatic heterocycles. The first kappa shape index (κ1) is 48.2. The number of unbranched alkanes of at least 4 members (excludes halogenated alkanes) is 8. The van der Waals surface area contributed by atoms with Gasteiger partial charge in [0.25, 0.3) is 0 Å². The van der Waals surface area contributed by atoms with Crippen molar-refractivity contribution >= 4 is 11.9 Å². The van der Waals surface area contributed by atoms with Gasteiger partial charge in [-0.05, 0) is 77.0 Å².